The van der Waals surface area contributed by atoms with Crippen LogP contribution in [0.3, 0.4) is 0 Å². The molecular formula is C10H20O3S. The van der Waals surface area contributed by atoms with Crippen LogP contribution in [-0.4, -0.2) is 32.1 Å². The number of rotatable bonds is 6. The van der Waals surface area contributed by atoms with E-state index in [9.17, 15) is 8.42 Å². The average Bonchev–Trinajstić information content (AvgIpc) is 2.10. The van der Waals surface area contributed by atoms with Gasteiger partial charge in [0.2, 0.25) is 0 Å². The van der Waals surface area contributed by atoms with Gasteiger partial charge < -0.3 is 4.74 Å². The van der Waals surface area contributed by atoms with E-state index in [1.54, 1.807) is 6.92 Å². The molecule has 0 spiro atoms. The Kier molecular flexibility index (Phi) is 4.38. The van der Waals surface area contributed by atoms with Crippen molar-refractivity contribution in [1.82, 2.24) is 0 Å². The van der Waals surface area contributed by atoms with Gasteiger partial charge >= 0.3 is 0 Å². The Labute approximate surface area is 86.8 Å². The fourth-order valence-corrected chi connectivity index (χ4v) is 3.23. The predicted molar refractivity (Wildman–Crippen MR) is 57.1 cm³/mol. The van der Waals surface area contributed by atoms with Gasteiger partial charge in [-0.1, -0.05) is 20.3 Å². The van der Waals surface area contributed by atoms with Crippen LogP contribution in [0.5, 0.6) is 0 Å². The molecule has 1 aliphatic rings. The van der Waals surface area contributed by atoms with Gasteiger partial charge in [-0.05, 0) is 19.3 Å². The molecule has 4 heteroatoms. The molecule has 1 saturated carbocycles. The first-order valence-corrected chi connectivity index (χ1v) is 7.16. The van der Waals surface area contributed by atoms with E-state index in [0.717, 1.165) is 25.7 Å². The third-order valence-corrected chi connectivity index (χ3v) is 5.11. The van der Waals surface area contributed by atoms with E-state index in [-0.39, 0.29) is 17.1 Å². The Balaban J connectivity index is 2.35. The van der Waals surface area contributed by atoms with Crippen LogP contribution in [0.25, 0.3) is 0 Å². The zero-order valence-corrected chi connectivity index (χ0v) is 9.85. The summed E-state index contributed by atoms with van der Waals surface area (Å²) < 4.78 is 28.6. The quantitative estimate of drug-likeness (QED) is 0.641. The van der Waals surface area contributed by atoms with E-state index in [0.29, 0.717) is 6.61 Å². The normalized spacial score (nSPS) is 27.3. The van der Waals surface area contributed by atoms with E-state index >= 15 is 0 Å². The molecule has 0 amide bonds. The zero-order valence-electron chi connectivity index (χ0n) is 9.03. The Morgan fingerprint density at radius 1 is 1.29 bits per heavy atom. The second-order valence-electron chi connectivity index (χ2n) is 3.83. The van der Waals surface area contributed by atoms with Gasteiger partial charge in [-0.25, -0.2) is 8.42 Å². The molecule has 14 heavy (non-hydrogen) atoms. The van der Waals surface area contributed by atoms with Gasteiger partial charge in [0.1, 0.15) is 0 Å². The molecule has 0 radical (unpaired) electrons. The van der Waals surface area contributed by atoms with Crippen molar-refractivity contribution in [3.8, 4) is 0 Å². The van der Waals surface area contributed by atoms with Crippen LogP contribution in [0, 0.1) is 0 Å². The zero-order chi connectivity index (χ0) is 10.6. The van der Waals surface area contributed by atoms with Crippen LogP contribution >= 0.6 is 0 Å². The molecule has 0 bridgehead atoms. The molecular weight excluding hydrogens is 200 g/mol. The summed E-state index contributed by atoms with van der Waals surface area (Å²) in [6.07, 6.45) is 3.79. The minimum Gasteiger partial charge on any atom is -0.377 e. The highest BCUT2D eigenvalue weighted by atomic mass is 32.2. The molecule has 2 atom stereocenters. The smallest absolute Gasteiger partial charge is 0.155 e. The first kappa shape index (κ1) is 12.0. The van der Waals surface area contributed by atoms with Crippen LogP contribution < -0.4 is 0 Å². The van der Waals surface area contributed by atoms with Gasteiger partial charge in [-0.3, -0.25) is 0 Å². The van der Waals surface area contributed by atoms with Crippen LogP contribution in [0.1, 0.15) is 39.5 Å². The number of sulfone groups is 1. The predicted octanol–water partition coefficient (Wildman–Crippen LogP) is 1.77. The summed E-state index contributed by atoms with van der Waals surface area (Å²) in [7, 11) is -2.87. The Morgan fingerprint density at radius 3 is 2.43 bits per heavy atom. The van der Waals surface area contributed by atoms with Crippen LogP contribution in [0.4, 0.5) is 0 Å². The van der Waals surface area contributed by atoms with Crippen molar-refractivity contribution in [2.75, 3.05) is 12.4 Å². The third-order valence-electron chi connectivity index (χ3n) is 2.84. The highest BCUT2D eigenvalue weighted by Gasteiger charge is 2.40. The highest BCUT2D eigenvalue weighted by molar-refractivity contribution is 7.92. The van der Waals surface area contributed by atoms with Crippen molar-refractivity contribution in [2.45, 2.75) is 50.9 Å². The Bertz CT molecular complexity index is 259. The molecule has 0 aromatic carbocycles. The monoisotopic (exact) mass is 220 g/mol. The van der Waals surface area contributed by atoms with E-state index in [4.69, 9.17) is 4.74 Å². The SMILES string of the molecule is CCCCO[C@@H]1CC[C@H]1S(=O)(=O)CC. The molecule has 0 aromatic rings. The van der Waals surface area contributed by atoms with Gasteiger partial charge in [0.15, 0.2) is 9.84 Å². The lowest BCUT2D eigenvalue weighted by Gasteiger charge is -2.35. The summed E-state index contributed by atoms with van der Waals surface area (Å²) in [6, 6.07) is 0. The lowest BCUT2D eigenvalue weighted by molar-refractivity contribution is 0.00467. The number of hydrogen-bond acceptors (Lipinski definition) is 3. The number of hydrogen-bond donors (Lipinski definition) is 0. The summed E-state index contributed by atoms with van der Waals surface area (Å²) >= 11 is 0. The van der Waals surface area contributed by atoms with Gasteiger partial charge in [-0.2, -0.15) is 0 Å². The van der Waals surface area contributed by atoms with Crippen molar-refractivity contribution < 1.29 is 13.2 Å². The molecule has 0 saturated heterocycles. The minimum atomic E-state index is -2.87. The second kappa shape index (κ2) is 5.12. The molecule has 0 unspecified atom stereocenters. The molecule has 84 valence electrons. The van der Waals surface area contributed by atoms with Crippen molar-refractivity contribution in [3.63, 3.8) is 0 Å². The second-order valence-corrected chi connectivity index (χ2v) is 6.34. The Hall–Kier alpha value is -0.0900. The van der Waals surface area contributed by atoms with Gasteiger partial charge in [0.05, 0.1) is 11.4 Å². The number of unbranched alkanes of at least 4 members (excludes halogenated alkanes) is 1. The van der Waals surface area contributed by atoms with Crippen molar-refractivity contribution in [1.29, 1.82) is 0 Å². The van der Waals surface area contributed by atoms with Crippen molar-refractivity contribution in [3.05, 3.63) is 0 Å². The van der Waals surface area contributed by atoms with Crippen molar-refractivity contribution in [2.24, 2.45) is 0 Å². The molecule has 1 rings (SSSR count). The molecule has 0 aliphatic heterocycles. The lowest BCUT2D eigenvalue weighted by Crippen LogP contribution is -2.45. The topological polar surface area (TPSA) is 43.4 Å². The molecule has 3 nitrogen and oxygen atoms in total. The molecule has 0 N–H and O–H groups in total. The van der Waals surface area contributed by atoms with Crippen LogP contribution in [-0.2, 0) is 14.6 Å². The third kappa shape index (κ3) is 2.70. The maximum Gasteiger partial charge on any atom is 0.155 e. The summed E-state index contributed by atoms with van der Waals surface area (Å²) in [5.74, 6) is 0.241. The first-order chi connectivity index (χ1) is 6.61. The largest absolute Gasteiger partial charge is 0.377 e. The summed E-state index contributed by atoms with van der Waals surface area (Å²) in [4.78, 5) is 0. The molecule has 1 fully saturated rings. The maximum absolute atomic E-state index is 11.5. The summed E-state index contributed by atoms with van der Waals surface area (Å²) in [5, 5.41) is -0.218. The average molecular weight is 220 g/mol. The standard InChI is InChI=1S/C10H20O3S/c1-3-5-8-13-9-6-7-10(9)14(11,12)4-2/h9-10H,3-8H2,1-2H3/t9-,10-/m1/s1. The van der Waals surface area contributed by atoms with E-state index in [1.165, 1.54) is 0 Å². The lowest BCUT2D eigenvalue weighted by atomic mass is 9.95. The van der Waals surface area contributed by atoms with Crippen LogP contribution in [0.15, 0.2) is 0 Å². The van der Waals surface area contributed by atoms with Gasteiger partial charge in [0, 0.05) is 12.4 Å². The first-order valence-electron chi connectivity index (χ1n) is 5.45. The fourth-order valence-electron chi connectivity index (χ4n) is 1.63. The molecule has 1 aliphatic carbocycles. The fraction of sp³-hybridized carbons (Fsp3) is 1.00. The number of ether oxygens (including phenoxy) is 1. The van der Waals surface area contributed by atoms with Crippen LogP contribution in [0.2, 0.25) is 0 Å². The van der Waals surface area contributed by atoms with E-state index in [2.05, 4.69) is 6.92 Å². The highest BCUT2D eigenvalue weighted by Crippen LogP contribution is 2.30. The van der Waals surface area contributed by atoms with E-state index < -0.39 is 9.84 Å². The van der Waals surface area contributed by atoms with Gasteiger partial charge in [-0.15, -0.1) is 0 Å². The summed E-state index contributed by atoms with van der Waals surface area (Å²) in [6.45, 7) is 4.51. The maximum atomic E-state index is 11.5. The van der Waals surface area contributed by atoms with Crippen molar-refractivity contribution >= 4 is 9.84 Å². The van der Waals surface area contributed by atoms with E-state index in [1.807, 2.05) is 0 Å². The Morgan fingerprint density at radius 2 is 2.00 bits per heavy atom. The molecule has 0 heterocycles. The summed E-state index contributed by atoms with van der Waals surface area (Å²) in [5.41, 5.74) is 0. The minimum absolute atomic E-state index is 0.0218. The van der Waals surface area contributed by atoms with Gasteiger partial charge in [0.25, 0.3) is 0 Å². The molecule has 0 aromatic heterocycles.